The number of carbonyl (C=O) groups excluding carboxylic acids is 3. The van der Waals surface area contributed by atoms with Crippen molar-refractivity contribution < 1.29 is 44.5 Å². The highest BCUT2D eigenvalue weighted by atomic mass is 16.7. The van der Waals surface area contributed by atoms with Crippen LogP contribution in [0.15, 0.2) is 24.3 Å². The molecule has 2 aromatic heterocycles. The number of carbonyl (C=O) groups is 3. The molecule has 2 aromatic rings. The van der Waals surface area contributed by atoms with Crippen LogP contribution in [-0.4, -0.2) is 60.9 Å². The first-order chi connectivity index (χ1) is 12.3. The number of hydrogen-bond acceptors (Lipinski definition) is 9. The van der Waals surface area contributed by atoms with Crippen molar-refractivity contribution in [2.45, 2.75) is 0 Å². The van der Waals surface area contributed by atoms with Crippen molar-refractivity contribution in [1.82, 2.24) is 20.1 Å². The third-order valence-corrected chi connectivity index (χ3v) is 2.77. The highest BCUT2D eigenvalue weighted by Gasteiger charge is 2.15. The number of urea groups is 1. The summed E-state index contributed by atoms with van der Waals surface area (Å²) in [5.41, 5.74) is 0. The summed E-state index contributed by atoms with van der Waals surface area (Å²) in [6.07, 6.45) is 0. The minimum atomic E-state index is -1.02. The lowest BCUT2D eigenvalue weighted by Gasteiger charge is -2.09. The number of amides is 2. The molecule has 0 aliphatic carbocycles. The molecule has 26 heavy (non-hydrogen) atoms. The molecule has 140 valence electrons. The van der Waals surface area contributed by atoms with Crippen LogP contribution < -0.4 is 20.3 Å². The zero-order valence-electron chi connectivity index (χ0n) is 12.9. The quantitative estimate of drug-likeness (QED) is 0.335. The van der Waals surface area contributed by atoms with E-state index in [0.29, 0.717) is 9.46 Å². The maximum atomic E-state index is 11.5. The van der Waals surface area contributed by atoms with Crippen molar-refractivity contribution in [3.63, 3.8) is 0 Å². The van der Waals surface area contributed by atoms with E-state index >= 15 is 0 Å². The summed E-state index contributed by atoms with van der Waals surface area (Å²) in [4.78, 5) is 43.6. The molecule has 0 bridgehead atoms. The monoisotopic (exact) mass is 370 g/mol. The molecule has 0 saturated heterocycles. The van der Waals surface area contributed by atoms with Crippen molar-refractivity contribution in [2.75, 3.05) is 13.1 Å². The fourth-order valence-electron chi connectivity index (χ4n) is 1.63. The van der Waals surface area contributed by atoms with Gasteiger partial charge in [0.15, 0.2) is 0 Å². The van der Waals surface area contributed by atoms with Gasteiger partial charge in [0.25, 0.3) is 0 Å². The molecule has 0 unspecified atom stereocenters. The van der Waals surface area contributed by atoms with Crippen molar-refractivity contribution in [3.8, 4) is 23.5 Å². The number of nitrogens with one attached hydrogen (secondary N) is 2. The van der Waals surface area contributed by atoms with Crippen molar-refractivity contribution in [2.24, 2.45) is 0 Å². The molecular weight excluding hydrogens is 356 g/mol. The third kappa shape index (κ3) is 4.50. The lowest BCUT2D eigenvalue weighted by Crippen LogP contribution is -2.43. The Hall–Kier alpha value is -4.03. The maximum absolute atomic E-state index is 11.5. The van der Waals surface area contributed by atoms with Crippen LogP contribution >= 0.6 is 0 Å². The van der Waals surface area contributed by atoms with Crippen molar-refractivity contribution in [3.05, 3.63) is 24.3 Å². The summed E-state index contributed by atoms with van der Waals surface area (Å²) in [6.45, 7) is -1.28. The predicted octanol–water partition coefficient (Wildman–Crippen LogP) is -1.98. The molecule has 0 aliphatic heterocycles. The number of aromatic nitrogens is 2. The molecule has 0 aromatic carbocycles. The fraction of sp³-hybridized carbons (Fsp3) is 0.154. The summed E-state index contributed by atoms with van der Waals surface area (Å²) in [6, 6.07) is 3.38. The molecule has 0 saturated carbocycles. The van der Waals surface area contributed by atoms with Gasteiger partial charge < -0.3 is 40.7 Å². The average Bonchev–Trinajstić information content (AvgIpc) is 3.08. The van der Waals surface area contributed by atoms with E-state index in [1.54, 1.807) is 0 Å². The first-order valence-corrected chi connectivity index (χ1v) is 6.91. The predicted molar refractivity (Wildman–Crippen MR) is 80.1 cm³/mol. The zero-order valence-corrected chi connectivity index (χ0v) is 12.9. The number of rotatable bonds is 6. The molecule has 0 fully saturated rings. The van der Waals surface area contributed by atoms with Crippen LogP contribution in [0, 0.1) is 0 Å². The molecule has 0 spiro atoms. The number of aromatic hydroxyl groups is 4. The van der Waals surface area contributed by atoms with E-state index in [-0.39, 0.29) is 0 Å². The number of nitrogens with zero attached hydrogens (tertiary/aromatic N) is 2. The Bertz CT molecular complexity index is 720. The SMILES string of the molecule is O=C(NCC(=O)On1c(O)ccc1O)NCC(=O)On1c(O)ccc1O. The van der Waals surface area contributed by atoms with Gasteiger partial charge in [-0.1, -0.05) is 0 Å². The standard InChI is InChI=1S/C13H14N4O9/c18-7-1-2-8(19)16(7)25-11(22)5-14-13(24)15-6-12(23)26-17-9(20)3-4-10(17)21/h1-4,18-21H,5-6H2,(H2,14,15,24). The van der Waals surface area contributed by atoms with Crippen LogP contribution in [0.4, 0.5) is 4.79 Å². The minimum Gasteiger partial charge on any atom is -0.492 e. The minimum absolute atomic E-state index is 0.440. The Kier molecular flexibility index (Phi) is 5.42. The summed E-state index contributed by atoms with van der Waals surface area (Å²) >= 11 is 0. The van der Waals surface area contributed by atoms with Crippen LogP contribution in [0.1, 0.15) is 0 Å². The normalized spacial score (nSPS) is 10.2. The van der Waals surface area contributed by atoms with E-state index < -0.39 is 54.6 Å². The van der Waals surface area contributed by atoms with E-state index in [2.05, 4.69) is 20.3 Å². The second kappa shape index (κ2) is 7.69. The fourth-order valence-corrected chi connectivity index (χ4v) is 1.63. The van der Waals surface area contributed by atoms with Gasteiger partial charge >= 0.3 is 18.0 Å². The van der Waals surface area contributed by atoms with Crippen LogP contribution in [0.3, 0.4) is 0 Å². The second-order valence-corrected chi connectivity index (χ2v) is 4.65. The highest BCUT2D eigenvalue weighted by molar-refractivity contribution is 5.84. The van der Waals surface area contributed by atoms with Crippen LogP contribution in [-0.2, 0) is 9.59 Å². The second-order valence-electron chi connectivity index (χ2n) is 4.65. The first kappa shape index (κ1) is 18.3. The van der Waals surface area contributed by atoms with E-state index in [1.807, 2.05) is 0 Å². The molecular formula is C13H14N4O9. The Morgan fingerprint density at radius 1 is 0.731 bits per heavy atom. The van der Waals surface area contributed by atoms with E-state index in [0.717, 1.165) is 24.3 Å². The van der Waals surface area contributed by atoms with Gasteiger partial charge in [-0.15, -0.1) is 9.46 Å². The Morgan fingerprint density at radius 3 is 1.35 bits per heavy atom. The van der Waals surface area contributed by atoms with Crippen LogP contribution in [0.25, 0.3) is 0 Å². The molecule has 2 rings (SSSR count). The van der Waals surface area contributed by atoms with Gasteiger partial charge in [-0.25, -0.2) is 14.4 Å². The summed E-state index contributed by atoms with van der Waals surface area (Å²) in [5.74, 6) is -4.16. The summed E-state index contributed by atoms with van der Waals surface area (Å²) in [5, 5.41) is 41.3. The lowest BCUT2D eigenvalue weighted by atomic mass is 10.6. The maximum Gasteiger partial charge on any atom is 0.352 e. The molecule has 2 amide bonds. The van der Waals surface area contributed by atoms with E-state index in [1.165, 1.54) is 0 Å². The Balaban J connectivity index is 1.72. The van der Waals surface area contributed by atoms with Gasteiger partial charge in [-0.2, -0.15) is 0 Å². The molecule has 13 nitrogen and oxygen atoms in total. The van der Waals surface area contributed by atoms with Gasteiger partial charge in [-0.05, 0) is 0 Å². The summed E-state index contributed by atoms with van der Waals surface area (Å²) < 4.78 is 0.880. The lowest BCUT2D eigenvalue weighted by molar-refractivity contribution is -0.144. The van der Waals surface area contributed by atoms with Crippen molar-refractivity contribution in [1.29, 1.82) is 0 Å². The van der Waals surface area contributed by atoms with Crippen LogP contribution in [0.2, 0.25) is 0 Å². The van der Waals surface area contributed by atoms with Gasteiger partial charge in [0, 0.05) is 24.3 Å². The summed E-state index contributed by atoms with van der Waals surface area (Å²) in [7, 11) is 0. The molecule has 0 aliphatic rings. The van der Waals surface area contributed by atoms with Gasteiger partial charge in [0.05, 0.1) is 0 Å². The number of hydrogen-bond donors (Lipinski definition) is 6. The highest BCUT2D eigenvalue weighted by Crippen LogP contribution is 2.19. The Morgan fingerprint density at radius 2 is 1.04 bits per heavy atom. The zero-order chi connectivity index (χ0) is 19.3. The average molecular weight is 370 g/mol. The smallest absolute Gasteiger partial charge is 0.352 e. The molecule has 13 heteroatoms. The van der Waals surface area contributed by atoms with E-state index in [4.69, 9.17) is 0 Å². The molecule has 0 radical (unpaired) electrons. The van der Waals surface area contributed by atoms with Gasteiger partial charge in [-0.3, -0.25) is 0 Å². The van der Waals surface area contributed by atoms with E-state index in [9.17, 15) is 34.8 Å². The largest absolute Gasteiger partial charge is 0.492 e. The molecule has 2 heterocycles. The first-order valence-electron chi connectivity index (χ1n) is 6.91. The van der Waals surface area contributed by atoms with Gasteiger partial charge in [0.2, 0.25) is 23.5 Å². The third-order valence-electron chi connectivity index (χ3n) is 2.77. The van der Waals surface area contributed by atoms with Crippen molar-refractivity contribution >= 4 is 18.0 Å². The Labute approximate surface area is 144 Å². The van der Waals surface area contributed by atoms with Gasteiger partial charge in [0.1, 0.15) is 13.1 Å². The molecule has 0 atom stereocenters. The topological polar surface area (TPSA) is 185 Å². The molecule has 6 N–H and O–H groups in total. The van der Waals surface area contributed by atoms with Crippen LogP contribution in [0.5, 0.6) is 23.5 Å².